The molecule has 2 aromatic carbocycles. The highest BCUT2D eigenvalue weighted by molar-refractivity contribution is 6.33. The van der Waals surface area contributed by atoms with Gasteiger partial charge < -0.3 is 20.3 Å². The number of hydrogen-bond acceptors (Lipinski definition) is 6. The van der Waals surface area contributed by atoms with Gasteiger partial charge in [0, 0.05) is 55.0 Å². The summed E-state index contributed by atoms with van der Waals surface area (Å²) < 4.78 is 20.2. The Balaban J connectivity index is 1.74. The molecule has 3 rings (SSSR count). The zero-order chi connectivity index (χ0) is 27.8. The lowest BCUT2D eigenvalue weighted by atomic mass is 10.1. The fraction of sp³-hybridized carbons (Fsp3) is 0.345. The summed E-state index contributed by atoms with van der Waals surface area (Å²) in [5.74, 6) is 0.456. The molecule has 3 aromatic rings. The monoisotopic (exact) mass is 539 g/mol. The summed E-state index contributed by atoms with van der Waals surface area (Å²) in [6, 6.07) is 9.50. The van der Waals surface area contributed by atoms with Crippen LogP contribution in [0.2, 0.25) is 5.02 Å². The van der Waals surface area contributed by atoms with Gasteiger partial charge in [-0.2, -0.15) is 0 Å². The Morgan fingerprint density at radius 2 is 1.68 bits per heavy atom. The summed E-state index contributed by atoms with van der Waals surface area (Å²) in [7, 11) is 2.83. The van der Waals surface area contributed by atoms with Gasteiger partial charge >= 0.3 is 0 Å². The number of anilines is 3. The standard InChI is InChI=1S/C29H35ClFN5O2/c1-18(2)16-36(17-19(3)4)22-10-8-21(9-11-22)35-29-33-14-20(15-34-29)7-12-23-26(30)25(38-6)13-24(27(23)31)28(37)32-5/h7-15,18-19H,16-17H2,1-6H3,(H,32,37)(H,33,34,35). The normalized spacial score (nSPS) is 11.3. The lowest BCUT2D eigenvalue weighted by Crippen LogP contribution is -2.31. The van der Waals surface area contributed by atoms with Gasteiger partial charge in [-0.1, -0.05) is 45.4 Å². The largest absolute Gasteiger partial charge is 0.495 e. The van der Waals surface area contributed by atoms with Crippen molar-refractivity contribution in [3.8, 4) is 5.75 Å². The zero-order valence-electron chi connectivity index (χ0n) is 22.7. The molecule has 1 amide bonds. The summed E-state index contributed by atoms with van der Waals surface area (Å²) in [6.45, 7) is 10.9. The van der Waals surface area contributed by atoms with Crippen molar-refractivity contribution < 1.29 is 13.9 Å². The first-order chi connectivity index (χ1) is 18.1. The van der Waals surface area contributed by atoms with Crippen LogP contribution in [0.15, 0.2) is 42.7 Å². The number of nitrogens with zero attached hydrogens (tertiary/aromatic N) is 3. The second kappa shape index (κ2) is 13.2. The molecule has 0 fully saturated rings. The van der Waals surface area contributed by atoms with Gasteiger partial charge in [0.05, 0.1) is 17.7 Å². The minimum absolute atomic E-state index is 0.0379. The van der Waals surface area contributed by atoms with Crippen LogP contribution in [0, 0.1) is 17.7 Å². The van der Waals surface area contributed by atoms with E-state index in [2.05, 4.69) is 65.3 Å². The van der Waals surface area contributed by atoms with Crippen molar-refractivity contribution in [1.82, 2.24) is 15.3 Å². The van der Waals surface area contributed by atoms with Crippen LogP contribution < -0.4 is 20.3 Å². The van der Waals surface area contributed by atoms with Crippen LogP contribution in [0.3, 0.4) is 0 Å². The van der Waals surface area contributed by atoms with E-state index in [4.69, 9.17) is 16.3 Å². The zero-order valence-corrected chi connectivity index (χ0v) is 23.4. The van der Waals surface area contributed by atoms with E-state index in [9.17, 15) is 4.79 Å². The van der Waals surface area contributed by atoms with E-state index in [1.807, 2.05) is 12.1 Å². The lowest BCUT2D eigenvalue weighted by Gasteiger charge is -2.28. The Bertz CT molecular complexity index is 1250. The van der Waals surface area contributed by atoms with E-state index in [0.717, 1.165) is 18.8 Å². The second-order valence-electron chi connectivity index (χ2n) is 9.79. The van der Waals surface area contributed by atoms with Crippen LogP contribution in [0.25, 0.3) is 12.2 Å². The predicted octanol–water partition coefficient (Wildman–Crippen LogP) is 6.67. The van der Waals surface area contributed by atoms with Gasteiger partial charge in [-0.15, -0.1) is 0 Å². The third kappa shape index (κ3) is 7.44. The summed E-state index contributed by atoms with van der Waals surface area (Å²) in [5, 5.41) is 5.68. The lowest BCUT2D eigenvalue weighted by molar-refractivity contribution is 0.0958. The molecular weight excluding hydrogens is 505 g/mol. The van der Waals surface area contributed by atoms with Gasteiger partial charge in [0.25, 0.3) is 5.91 Å². The maximum Gasteiger partial charge on any atom is 0.254 e. The van der Waals surface area contributed by atoms with Crippen LogP contribution >= 0.6 is 11.6 Å². The molecule has 1 aromatic heterocycles. The number of methoxy groups -OCH3 is 1. The van der Waals surface area contributed by atoms with Crippen molar-refractivity contribution in [2.24, 2.45) is 11.8 Å². The minimum Gasteiger partial charge on any atom is -0.495 e. The second-order valence-corrected chi connectivity index (χ2v) is 10.2. The number of ether oxygens (including phenoxy) is 1. The summed E-state index contributed by atoms with van der Waals surface area (Å²) >= 11 is 6.30. The fourth-order valence-electron chi connectivity index (χ4n) is 3.95. The van der Waals surface area contributed by atoms with Crippen LogP contribution in [0.4, 0.5) is 21.7 Å². The average Bonchev–Trinajstić information content (AvgIpc) is 2.89. The van der Waals surface area contributed by atoms with Gasteiger partial charge in [-0.3, -0.25) is 4.79 Å². The molecular formula is C29H35ClFN5O2. The smallest absolute Gasteiger partial charge is 0.254 e. The summed E-state index contributed by atoms with van der Waals surface area (Å²) in [6.07, 6.45) is 6.31. The van der Waals surface area contributed by atoms with Crippen molar-refractivity contribution in [1.29, 1.82) is 0 Å². The summed E-state index contributed by atoms with van der Waals surface area (Å²) in [5.41, 5.74) is 2.56. The molecule has 0 atom stereocenters. The number of carbonyl (C=O) groups is 1. The van der Waals surface area contributed by atoms with Gasteiger partial charge in [-0.05, 0) is 48.2 Å². The first-order valence-electron chi connectivity index (χ1n) is 12.5. The molecule has 0 aliphatic carbocycles. The average molecular weight is 540 g/mol. The maximum atomic E-state index is 15.0. The highest BCUT2D eigenvalue weighted by atomic mass is 35.5. The number of hydrogen-bond donors (Lipinski definition) is 2. The number of aromatic nitrogens is 2. The summed E-state index contributed by atoms with van der Waals surface area (Å²) in [4.78, 5) is 23.2. The molecule has 1 heterocycles. The number of amides is 1. The number of rotatable bonds is 11. The predicted molar refractivity (Wildman–Crippen MR) is 154 cm³/mol. The van der Waals surface area contributed by atoms with Crippen LogP contribution in [0.1, 0.15) is 49.2 Å². The van der Waals surface area contributed by atoms with Gasteiger partial charge in [-0.25, -0.2) is 14.4 Å². The van der Waals surface area contributed by atoms with Gasteiger partial charge in [0.15, 0.2) is 0 Å². The topological polar surface area (TPSA) is 79.4 Å². The Labute approximate surface area is 229 Å². The Morgan fingerprint density at radius 1 is 1.08 bits per heavy atom. The highest BCUT2D eigenvalue weighted by Crippen LogP contribution is 2.34. The van der Waals surface area contributed by atoms with Crippen molar-refractivity contribution in [3.05, 3.63) is 70.3 Å². The molecule has 0 saturated heterocycles. The molecule has 0 aliphatic heterocycles. The van der Waals surface area contributed by atoms with Crippen molar-refractivity contribution in [2.75, 3.05) is 37.5 Å². The Hall–Kier alpha value is -3.65. The van der Waals surface area contributed by atoms with E-state index in [-0.39, 0.29) is 21.9 Å². The van der Waals surface area contributed by atoms with E-state index in [1.165, 1.54) is 32.0 Å². The van der Waals surface area contributed by atoms with E-state index in [1.54, 1.807) is 18.5 Å². The maximum absolute atomic E-state index is 15.0. The molecule has 0 spiro atoms. The Morgan fingerprint density at radius 3 is 2.21 bits per heavy atom. The SMILES string of the molecule is CNC(=O)c1cc(OC)c(Cl)c(C=Cc2cnc(Nc3ccc(N(CC(C)C)CC(C)C)cc3)nc2)c1F. The van der Waals surface area contributed by atoms with Gasteiger partial charge in [0.2, 0.25) is 5.95 Å². The van der Waals surface area contributed by atoms with Gasteiger partial charge in [0.1, 0.15) is 11.6 Å². The molecule has 7 nitrogen and oxygen atoms in total. The molecule has 0 bridgehead atoms. The molecule has 0 radical (unpaired) electrons. The van der Waals surface area contributed by atoms with E-state index in [0.29, 0.717) is 23.3 Å². The van der Waals surface area contributed by atoms with Crippen LogP contribution in [0.5, 0.6) is 5.75 Å². The van der Waals surface area contributed by atoms with Crippen LogP contribution in [-0.4, -0.2) is 43.1 Å². The number of carbonyl (C=O) groups excluding carboxylic acids is 1. The third-order valence-corrected chi connectivity index (χ3v) is 6.06. The molecule has 0 unspecified atom stereocenters. The van der Waals surface area contributed by atoms with E-state index < -0.39 is 11.7 Å². The molecule has 0 saturated carbocycles. The number of nitrogens with one attached hydrogen (secondary N) is 2. The van der Waals surface area contributed by atoms with E-state index >= 15 is 4.39 Å². The first-order valence-corrected chi connectivity index (χ1v) is 12.9. The third-order valence-electron chi connectivity index (χ3n) is 5.67. The number of benzene rings is 2. The molecule has 9 heteroatoms. The number of halogens is 2. The van der Waals surface area contributed by atoms with Crippen molar-refractivity contribution in [2.45, 2.75) is 27.7 Å². The quantitative estimate of drug-likeness (QED) is 0.283. The van der Waals surface area contributed by atoms with Crippen molar-refractivity contribution >= 4 is 47.0 Å². The van der Waals surface area contributed by atoms with Crippen LogP contribution in [-0.2, 0) is 0 Å². The molecule has 0 aliphatic rings. The fourth-order valence-corrected chi connectivity index (χ4v) is 4.22. The highest BCUT2D eigenvalue weighted by Gasteiger charge is 2.20. The molecule has 202 valence electrons. The molecule has 38 heavy (non-hydrogen) atoms. The first kappa shape index (κ1) is 28.9. The molecule has 2 N–H and O–H groups in total. The minimum atomic E-state index is -0.741. The Kier molecular flexibility index (Phi) is 10.1. The van der Waals surface area contributed by atoms with Crippen molar-refractivity contribution in [3.63, 3.8) is 0 Å².